The summed E-state index contributed by atoms with van der Waals surface area (Å²) in [6.07, 6.45) is 8.35. The highest BCUT2D eigenvalue weighted by molar-refractivity contribution is 5.93. The summed E-state index contributed by atoms with van der Waals surface area (Å²) in [7, 11) is 0. The molecule has 0 atom stereocenters. The number of carbonyl (C=O) groups excluding carboxylic acids is 1. The third-order valence-electron chi connectivity index (χ3n) is 4.25. The Kier molecular flexibility index (Phi) is 5.33. The molecule has 132 valence electrons. The number of carboxylic acid groups (broad SMARTS) is 1. The average molecular weight is 343 g/mol. The molecule has 1 aromatic carbocycles. The lowest BCUT2D eigenvalue weighted by molar-refractivity contribution is -0.116. The monoisotopic (exact) mass is 343 g/mol. The van der Waals surface area contributed by atoms with Gasteiger partial charge in [-0.05, 0) is 37.8 Å². The molecule has 1 aromatic heterocycles. The number of nitrogens with zero attached hydrogens (tertiary/aromatic N) is 2. The summed E-state index contributed by atoms with van der Waals surface area (Å²) in [5.41, 5.74) is 0.567. The van der Waals surface area contributed by atoms with E-state index in [1.54, 1.807) is 6.07 Å². The maximum absolute atomic E-state index is 12.3. The first-order valence-electron chi connectivity index (χ1n) is 8.42. The van der Waals surface area contributed by atoms with Crippen molar-refractivity contribution in [3.8, 4) is 5.75 Å². The van der Waals surface area contributed by atoms with Gasteiger partial charge in [0, 0.05) is 0 Å². The van der Waals surface area contributed by atoms with Crippen LogP contribution in [-0.2, 0) is 11.3 Å². The number of nitrogens with one attached hydrogen (secondary N) is 1. The Morgan fingerprint density at radius 3 is 2.76 bits per heavy atom. The van der Waals surface area contributed by atoms with E-state index in [0.29, 0.717) is 11.4 Å². The van der Waals surface area contributed by atoms with E-state index in [-0.39, 0.29) is 24.2 Å². The smallest absolute Gasteiger partial charge is 0.354 e. The number of carboxylic acids is 1. The van der Waals surface area contributed by atoms with Gasteiger partial charge in [0.15, 0.2) is 0 Å². The summed E-state index contributed by atoms with van der Waals surface area (Å²) >= 11 is 0. The van der Waals surface area contributed by atoms with Crippen LogP contribution < -0.4 is 10.1 Å². The van der Waals surface area contributed by atoms with Gasteiger partial charge >= 0.3 is 5.97 Å². The van der Waals surface area contributed by atoms with Crippen LogP contribution in [0.5, 0.6) is 5.75 Å². The van der Waals surface area contributed by atoms with Crippen molar-refractivity contribution in [1.82, 2.24) is 9.55 Å². The van der Waals surface area contributed by atoms with Crippen molar-refractivity contribution < 1.29 is 19.4 Å². The lowest BCUT2D eigenvalue weighted by Gasteiger charge is -2.24. The number of imidazole rings is 1. The van der Waals surface area contributed by atoms with E-state index < -0.39 is 5.97 Å². The number of benzene rings is 1. The van der Waals surface area contributed by atoms with Crippen molar-refractivity contribution in [2.45, 2.75) is 44.8 Å². The minimum atomic E-state index is -1.12. The van der Waals surface area contributed by atoms with Gasteiger partial charge in [-0.3, -0.25) is 4.79 Å². The zero-order valence-electron chi connectivity index (χ0n) is 13.9. The molecule has 1 heterocycles. The summed E-state index contributed by atoms with van der Waals surface area (Å²) in [4.78, 5) is 27.2. The highest BCUT2D eigenvalue weighted by atomic mass is 16.5. The minimum absolute atomic E-state index is 0.0260. The van der Waals surface area contributed by atoms with Crippen molar-refractivity contribution >= 4 is 17.6 Å². The molecule has 7 nitrogen and oxygen atoms in total. The lowest BCUT2D eigenvalue weighted by Crippen LogP contribution is -2.23. The van der Waals surface area contributed by atoms with E-state index in [4.69, 9.17) is 9.84 Å². The summed E-state index contributed by atoms with van der Waals surface area (Å²) < 4.78 is 7.35. The van der Waals surface area contributed by atoms with Gasteiger partial charge in [-0.15, -0.1) is 0 Å². The number of carbonyl (C=O) groups is 2. The summed E-state index contributed by atoms with van der Waals surface area (Å²) in [6, 6.07) is 7.31. The van der Waals surface area contributed by atoms with Crippen LogP contribution in [-0.4, -0.2) is 32.6 Å². The Bertz CT molecular complexity index is 750. The second-order valence-electron chi connectivity index (χ2n) is 6.13. The third-order valence-corrected chi connectivity index (χ3v) is 4.25. The summed E-state index contributed by atoms with van der Waals surface area (Å²) in [6.45, 7) is -0.126. The van der Waals surface area contributed by atoms with Crippen LogP contribution in [0.3, 0.4) is 0 Å². The molecule has 0 spiro atoms. The number of rotatable bonds is 6. The second-order valence-corrected chi connectivity index (χ2v) is 6.13. The maximum Gasteiger partial charge on any atom is 0.354 e. The summed E-state index contributed by atoms with van der Waals surface area (Å²) in [5, 5.41) is 11.9. The lowest BCUT2D eigenvalue weighted by atomic mass is 9.98. The van der Waals surface area contributed by atoms with Crippen LogP contribution in [0.2, 0.25) is 0 Å². The normalized spacial score (nSPS) is 14.9. The highest BCUT2D eigenvalue weighted by Crippen LogP contribution is 2.29. The largest absolute Gasteiger partial charge is 0.488 e. The van der Waals surface area contributed by atoms with E-state index in [2.05, 4.69) is 10.3 Å². The molecule has 2 N–H and O–H groups in total. The van der Waals surface area contributed by atoms with Crippen LogP contribution >= 0.6 is 0 Å². The van der Waals surface area contributed by atoms with Crippen molar-refractivity contribution in [2.24, 2.45) is 0 Å². The van der Waals surface area contributed by atoms with Crippen LogP contribution in [0.4, 0.5) is 5.69 Å². The van der Waals surface area contributed by atoms with Crippen molar-refractivity contribution in [3.05, 3.63) is 42.5 Å². The van der Waals surface area contributed by atoms with Crippen molar-refractivity contribution in [1.29, 1.82) is 0 Å². The van der Waals surface area contributed by atoms with Crippen LogP contribution in [0, 0.1) is 0 Å². The highest BCUT2D eigenvalue weighted by Gasteiger charge is 2.18. The Hall–Kier alpha value is -2.83. The van der Waals surface area contributed by atoms with Gasteiger partial charge in [-0.25, -0.2) is 9.78 Å². The van der Waals surface area contributed by atoms with Crippen LogP contribution in [0.1, 0.15) is 42.6 Å². The van der Waals surface area contributed by atoms with Crippen molar-refractivity contribution in [2.75, 3.05) is 5.32 Å². The van der Waals surface area contributed by atoms with Gasteiger partial charge in [-0.2, -0.15) is 0 Å². The molecule has 3 rings (SSSR count). The van der Waals surface area contributed by atoms with Gasteiger partial charge < -0.3 is 19.7 Å². The molecule has 1 aliphatic carbocycles. The Morgan fingerprint density at radius 2 is 2.00 bits per heavy atom. The molecule has 7 heteroatoms. The SMILES string of the molecule is O=C(Cn1cncc1C(=O)O)Nc1ccccc1OC1CCCCC1. The van der Waals surface area contributed by atoms with Gasteiger partial charge in [0.1, 0.15) is 18.0 Å². The van der Waals surface area contributed by atoms with Gasteiger partial charge in [0.25, 0.3) is 0 Å². The molecule has 2 aromatic rings. The minimum Gasteiger partial charge on any atom is -0.488 e. The number of anilines is 1. The number of aromatic carboxylic acids is 1. The first-order valence-corrected chi connectivity index (χ1v) is 8.42. The van der Waals surface area contributed by atoms with E-state index in [0.717, 1.165) is 25.7 Å². The molecule has 0 radical (unpaired) electrons. The molecule has 0 unspecified atom stereocenters. The number of aromatic nitrogens is 2. The predicted octanol–water partition coefficient (Wildman–Crippen LogP) is 2.93. The molecular weight excluding hydrogens is 322 g/mol. The van der Waals surface area contributed by atoms with E-state index >= 15 is 0 Å². The number of para-hydroxylation sites is 2. The number of ether oxygens (including phenoxy) is 1. The standard InChI is InChI=1S/C18H21N3O4/c22-17(11-21-12-19-10-15(21)18(23)24)20-14-8-4-5-9-16(14)25-13-6-2-1-3-7-13/h4-5,8-10,12-13H,1-3,6-7,11H2,(H,20,22)(H,23,24). The van der Waals surface area contributed by atoms with E-state index in [1.807, 2.05) is 18.2 Å². The van der Waals surface area contributed by atoms with Crippen LogP contribution in [0.15, 0.2) is 36.8 Å². The van der Waals surface area contributed by atoms with E-state index in [9.17, 15) is 9.59 Å². The Labute approximate surface area is 145 Å². The molecule has 1 amide bonds. The average Bonchev–Trinajstić information content (AvgIpc) is 3.06. The molecule has 0 bridgehead atoms. The fourth-order valence-electron chi connectivity index (χ4n) is 3.00. The fraction of sp³-hybridized carbons (Fsp3) is 0.389. The molecule has 1 aliphatic rings. The molecular formula is C18H21N3O4. The topological polar surface area (TPSA) is 93.5 Å². The number of amides is 1. The van der Waals surface area contributed by atoms with Crippen LogP contribution in [0.25, 0.3) is 0 Å². The van der Waals surface area contributed by atoms with Crippen molar-refractivity contribution in [3.63, 3.8) is 0 Å². The molecule has 25 heavy (non-hydrogen) atoms. The number of hydrogen-bond donors (Lipinski definition) is 2. The van der Waals surface area contributed by atoms with E-state index in [1.165, 1.54) is 23.5 Å². The first kappa shape index (κ1) is 17.0. The second kappa shape index (κ2) is 7.83. The zero-order valence-corrected chi connectivity index (χ0v) is 13.9. The molecule has 0 saturated heterocycles. The summed E-state index contributed by atoms with van der Waals surface area (Å²) in [5.74, 6) is -0.807. The molecule has 1 saturated carbocycles. The first-order chi connectivity index (χ1) is 12.1. The Balaban J connectivity index is 1.66. The zero-order chi connectivity index (χ0) is 17.6. The van der Waals surface area contributed by atoms with Gasteiger partial charge in [0.05, 0.1) is 24.3 Å². The third kappa shape index (κ3) is 4.37. The number of hydrogen-bond acceptors (Lipinski definition) is 4. The Morgan fingerprint density at radius 1 is 1.24 bits per heavy atom. The fourth-order valence-corrected chi connectivity index (χ4v) is 3.00. The molecule has 0 aliphatic heterocycles. The quantitative estimate of drug-likeness (QED) is 0.841. The predicted molar refractivity (Wildman–Crippen MR) is 91.8 cm³/mol. The van der Waals surface area contributed by atoms with Gasteiger partial charge in [-0.1, -0.05) is 18.6 Å². The molecule has 1 fully saturated rings. The maximum atomic E-state index is 12.3. The van der Waals surface area contributed by atoms with Gasteiger partial charge in [0.2, 0.25) is 5.91 Å².